The molecule has 0 fully saturated rings. The molecule has 28 heavy (non-hydrogen) atoms. The monoisotopic (exact) mass is 433 g/mol. The summed E-state index contributed by atoms with van der Waals surface area (Å²) in [6, 6.07) is 0. The van der Waals surface area contributed by atoms with Crippen LogP contribution in [0.15, 0.2) is 0 Å². The third-order valence-corrected chi connectivity index (χ3v) is 4.88. The second-order valence-corrected chi connectivity index (χ2v) is 7.83. The molecule has 3 N–H and O–H groups in total. The summed E-state index contributed by atoms with van der Waals surface area (Å²) in [5.74, 6) is -3.34. The molecule has 0 aliphatic heterocycles. The van der Waals surface area contributed by atoms with Crippen LogP contribution in [0.25, 0.3) is 0 Å². The summed E-state index contributed by atoms with van der Waals surface area (Å²) in [5, 5.41) is -2.15. The van der Waals surface area contributed by atoms with E-state index in [0.717, 1.165) is 25.7 Å². The summed E-state index contributed by atoms with van der Waals surface area (Å²) in [5.41, 5.74) is 5.13. The van der Waals surface area contributed by atoms with Crippen molar-refractivity contribution in [1.29, 1.82) is 0 Å². The van der Waals surface area contributed by atoms with Crippen LogP contribution < -0.4 is 35.3 Å². The molecule has 0 spiro atoms. The zero-order valence-electron chi connectivity index (χ0n) is 17.9. The fourth-order valence-electron chi connectivity index (χ4n) is 2.34. The minimum Gasteiger partial charge on any atom is -1.00 e. The molecular weight excluding hydrogens is 401 g/mol. The van der Waals surface area contributed by atoms with Crippen molar-refractivity contribution in [3.05, 3.63) is 0 Å². The van der Waals surface area contributed by atoms with Gasteiger partial charge in [-0.2, -0.15) is 8.42 Å². The van der Waals surface area contributed by atoms with Crippen molar-refractivity contribution < 1.29 is 67.8 Å². The van der Waals surface area contributed by atoms with Crippen molar-refractivity contribution in [3.8, 4) is 0 Å². The van der Waals surface area contributed by atoms with E-state index < -0.39 is 39.7 Å². The first-order valence-corrected chi connectivity index (χ1v) is 10.8. The zero-order chi connectivity index (χ0) is 20.7. The van der Waals surface area contributed by atoms with Crippen LogP contribution in [0.5, 0.6) is 0 Å². The number of ether oxygens (including phenoxy) is 2. The van der Waals surface area contributed by atoms with Gasteiger partial charge in [-0.15, -0.1) is 0 Å². The van der Waals surface area contributed by atoms with Gasteiger partial charge in [0.05, 0.1) is 6.42 Å². The molecule has 11 heteroatoms. The summed E-state index contributed by atoms with van der Waals surface area (Å²) in [7, 11) is -4.89. The van der Waals surface area contributed by atoms with E-state index in [1.54, 1.807) is 0 Å². The Kier molecular flexibility index (Phi) is 18.4. The standard InChI is InChI=1S/C17H31NO8S.Na.H/c1-2-3-4-5-6-7-8-9-10-15(19)26-16(20)13-14(27(22,23)24)17(21)25-12-11-18;;/h14H,2-13,18H2,1H3,(H,22,23,24);;/q;+1;-1. The molecular formula is C17H32NNaO8S. The van der Waals surface area contributed by atoms with Gasteiger partial charge in [-0.25, -0.2) is 0 Å². The molecule has 0 aliphatic carbocycles. The molecule has 9 nitrogen and oxygen atoms in total. The number of carbonyl (C=O) groups is 3. The van der Waals surface area contributed by atoms with Crippen LogP contribution >= 0.6 is 0 Å². The molecule has 0 radical (unpaired) electrons. The molecule has 160 valence electrons. The van der Waals surface area contributed by atoms with Gasteiger partial charge in [0, 0.05) is 13.0 Å². The third kappa shape index (κ3) is 15.4. The minimum absolute atomic E-state index is 0. The van der Waals surface area contributed by atoms with Crippen LogP contribution in [0.1, 0.15) is 72.6 Å². The SMILES string of the molecule is CCCCCCCCCCC(=O)OC(=O)CC(C(=O)OCCN)S(=O)(=O)O.[H-].[Na+]. The predicted octanol–water partition coefficient (Wildman–Crippen LogP) is -1.15. The van der Waals surface area contributed by atoms with Crippen molar-refractivity contribution >= 4 is 28.0 Å². The summed E-state index contributed by atoms with van der Waals surface area (Å²) in [6.07, 6.45) is 7.25. The predicted molar refractivity (Wildman–Crippen MR) is 99.4 cm³/mol. The van der Waals surface area contributed by atoms with Crippen LogP contribution in [0.3, 0.4) is 0 Å². The van der Waals surface area contributed by atoms with E-state index >= 15 is 0 Å². The molecule has 0 rings (SSSR count). The van der Waals surface area contributed by atoms with Crippen LogP contribution in [-0.2, 0) is 34.0 Å². The van der Waals surface area contributed by atoms with Crippen molar-refractivity contribution in [2.75, 3.05) is 13.2 Å². The first-order valence-electron chi connectivity index (χ1n) is 9.28. The van der Waals surface area contributed by atoms with Crippen molar-refractivity contribution in [2.45, 2.75) is 76.4 Å². The van der Waals surface area contributed by atoms with Gasteiger partial charge in [0.25, 0.3) is 10.1 Å². The zero-order valence-corrected chi connectivity index (χ0v) is 19.7. The Morgan fingerprint density at radius 3 is 2.04 bits per heavy atom. The van der Waals surface area contributed by atoms with Gasteiger partial charge in [-0.3, -0.25) is 18.9 Å². The van der Waals surface area contributed by atoms with Crippen molar-refractivity contribution in [3.63, 3.8) is 0 Å². The quantitative estimate of drug-likeness (QED) is 0.107. The molecule has 0 saturated carbocycles. The third-order valence-electron chi connectivity index (χ3n) is 3.80. The van der Waals surface area contributed by atoms with Crippen molar-refractivity contribution in [1.82, 2.24) is 0 Å². The largest absolute Gasteiger partial charge is 1.00 e. The number of carbonyl (C=O) groups excluding carboxylic acids is 3. The number of unbranched alkanes of at least 4 members (excludes halogenated alkanes) is 7. The number of hydrogen-bond donors (Lipinski definition) is 2. The van der Waals surface area contributed by atoms with E-state index in [-0.39, 0.29) is 50.6 Å². The Morgan fingerprint density at radius 1 is 1.00 bits per heavy atom. The van der Waals surface area contributed by atoms with Gasteiger partial charge in [-0.05, 0) is 6.42 Å². The van der Waals surface area contributed by atoms with Crippen LogP contribution in [-0.4, -0.2) is 49.3 Å². The summed E-state index contributed by atoms with van der Waals surface area (Å²) in [6.45, 7) is 1.83. The molecule has 1 atom stereocenters. The second-order valence-electron chi connectivity index (χ2n) is 6.23. The van der Waals surface area contributed by atoms with Gasteiger partial charge in [0.1, 0.15) is 6.61 Å². The van der Waals surface area contributed by atoms with E-state index in [4.69, 9.17) is 10.3 Å². The van der Waals surface area contributed by atoms with E-state index in [1.807, 2.05) is 0 Å². The fourth-order valence-corrected chi connectivity index (χ4v) is 2.99. The maximum Gasteiger partial charge on any atom is 1.00 e. The molecule has 0 amide bonds. The topological polar surface area (TPSA) is 150 Å². The summed E-state index contributed by atoms with van der Waals surface area (Å²) in [4.78, 5) is 34.9. The first kappa shape index (κ1) is 29.7. The normalized spacial score (nSPS) is 12.0. The van der Waals surface area contributed by atoms with Crippen LogP contribution in [0.4, 0.5) is 0 Å². The maximum atomic E-state index is 11.7. The van der Waals surface area contributed by atoms with Gasteiger partial charge < -0.3 is 16.6 Å². The van der Waals surface area contributed by atoms with E-state index in [0.29, 0.717) is 6.42 Å². The van der Waals surface area contributed by atoms with Gasteiger partial charge in [0.2, 0.25) is 0 Å². The average Bonchev–Trinajstić information content (AvgIpc) is 2.58. The van der Waals surface area contributed by atoms with E-state index in [1.165, 1.54) is 19.3 Å². The molecule has 0 aromatic carbocycles. The minimum atomic E-state index is -4.89. The number of nitrogens with two attached hydrogens (primary N) is 1. The fraction of sp³-hybridized carbons (Fsp3) is 0.824. The van der Waals surface area contributed by atoms with Gasteiger partial charge in [-0.1, -0.05) is 51.9 Å². The van der Waals surface area contributed by atoms with Crippen LogP contribution in [0, 0.1) is 0 Å². The molecule has 0 aliphatic rings. The van der Waals surface area contributed by atoms with Crippen LogP contribution in [0.2, 0.25) is 0 Å². The molecule has 0 saturated heterocycles. The van der Waals surface area contributed by atoms with Gasteiger partial charge in [0.15, 0.2) is 5.25 Å². The number of hydrogen-bond acceptors (Lipinski definition) is 8. The Labute approximate surface area is 190 Å². The molecule has 0 bridgehead atoms. The number of esters is 3. The summed E-state index contributed by atoms with van der Waals surface area (Å²) < 4.78 is 40.5. The maximum absolute atomic E-state index is 11.7. The molecule has 0 heterocycles. The van der Waals surface area contributed by atoms with Gasteiger partial charge >= 0.3 is 47.5 Å². The Hall–Kier alpha value is -0.520. The van der Waals surface area contributed by atoms with Crippen molar-refractivity contribution in [2.24, 2.45) is 5.73 Å². The first-order chi connectivity index (χ1) is 12.7. The van der Waals surface area contributed by atoms with E-state index in [2.05, 4.69) is 16.4 Å². The van der Waals surface area contributed by atoms with E-state index in [9.17, 15) is 22.8 Å². The summed E-state index contributed by atoms with van der Waals surface area (Å²) >= 11 is 0. The smallest absolute Gasteiger partial charge is 1.00 e. The average molecular weight is 433 g/mol. The number of rotatable bonds is 15. The molecule has 0 aromatic heterocycles. The Balaban J connectivity index is -0.00000338. The molecule has 1 unspecified atom stereocenters. The Bertz CT molecular complexity index is 574. The Morgan fingerprint density at radius 2 is 1.54 bits per heavy atom. The molecule has 0 aromatic rings. The second kappa shape index (κ2) is 17.3.